The molecule has 0 saturated carbocycles. The van der Waals surface area contributed by atoms with Crippen molar-refractivity contribution in [3.63, 3.8) is 0 Å². The average molecular weight is 311 g/mol. The fourth-order valence-electron chi connectivity index (χ4n) is 2.87. The van der Waals surface area contributed by atoms with Gasteiger partial charge in [-0.2, -0.15) is 0 Å². The van der Waals surface area contributed by atoms with Crippen LogP contribution < -0.4 is 0 Å². The van der Waals surface area contributed by atoms with Crippen LogP contribution >= 0.6 is 0 Å². The standard InChI is InChI=1S/C15H25NO4Si/c1-10-9-15(20-21(5,6)14(2,3)4)11(13(18)19)7-8-16(15)12(10)17/h9,11H,7-8H2,1-6H3,(H,18,19)/t11-,15+/m1/s1. The maximum atomic E-state index is 12.3. The van der Waals surface area contributed by atoms with E-state index in [2.05, 4.69) is 33.9 Å². The number of carbonyl (C=O) groups excluding carboxylic acids is 1. The fraction of sp³-hybridized carbons (Fsp3) is 0.733. The summed E-state index contributed by atoms with van der Waals surface area (Å²) in [7, 11) is -2.21. The van der Waals surface area contributed by atoms with E-state index >= 15 is 0 Å². The first kappa shape index (κ1) is 16.2. The van der Waals surface area contributed by atoms with Crippen LogP contribution in [0.25, 0.3) is 0 Å². The number of carbonyl (C=O) groups is 2. The van der Waals surface area contributed by atoms with Crippen molar-refractivity contribution >= 4 is 20.2 Å². The molecule has 1 fully saturated rings. The van der Waals surface area contributed by atoms with Crippen molar-refractivity contribution in [3.05, 3.63) is 11.6 Å². The van der Waals surface area contributed by atoms with Gasteiger partial charge in [0.15, 0.2) is 14.0 Å². The summed E-state index contributed by atoms with van der Waals surface area (Å²) < 4.78 is 6.48. The molecular formula is C15H25NO4Si. The second-order valence-corrected chi connectivity index (χ2v) is 12.3. The number of nitrogens with zero attached hydrogens (tertiary/aromatic N) is 1. The first-order valence-electron chi connectivity index (χ1n) is 7.37. The zero-order valence-corrected chi connectivity index (χ0v) is 14.7. The molecular weight excluding hydrogens is 286 g/mol. The van der Waals surface area contributed by atoms with E-state index in [1.807, 2.05) is 0 Å². The van der Waals surface area contributed by atoms with Gasteiger partial charge in [0.1, 0.15) is 5.92 Å². The highest BCUT2D eigenvalue weighted by Gasteiger charge is 2.60. The predicted octanol–water partition coefficient (Wildman–Crippen LogP) is 2.60. The molecule has 0 radical (unpaired) electrons. The number of carboxylic acid groups (broad SMARTS) is 1. The van der Waals surface area contributed by atoms with Gasteiger partial charge in [-0.3, -0.25) is 9.59 Å². The fourth-order valence-corrected chi connectivity index (χ4v) is 4.30. The third-order valence-electron chi connectivity index (χ3n) is 5.09. The third-order valence-corrected chi connectivity index (χ3v) is 9.54. The van der Waals surface area contributed by atoms with Gasteiger partial charge in [0.05, 0.1) is 0 Å². The van der Waals surface area contributed by atoms with E-state index < -0.39 is 25.9 Å². The van der Waals surface area contributed by atoms with Gasteiger partial charge in [0.25, 0.3) is 5.91 Å². The molecule has 5 nitrogen and oxygen atoms in total. The Balaban J connectivity index is 2.48. The van der Waals surface area contributed by atoms with Crippen molar-refractivity contribution in [1.29, 1.82) is 0 Å². The zero-order chi connectivity index (χ0) is 16.2. The monoisotopic (exact) mass is 311 g/mol. The summed E-state index contributed by atoms with van der Waals surface area (Å²) in [6, 6.07) is 0. The van der Waals surface area contributed by atoms with E-state index in [1.54, 1.807) is 17.9 Å². The Hall–Kier alpha value is -1.14. The van der Waals surface area contributed by atoms with Crippen LogP contribution in [-0.4, -0.2) is 42.5 Å². The minimum atomic E-state index is -2.21. The third kappa shape index (κ3) is 2.34. The first-order valence-corrected chi connectivity index (χ1v) is 10.3. The second kappa shape index (κ2) is 4.68. The van der Waals surface area contributed by atoms with E-state index in [0.29, 0.717) is 18.5 Å². The van der Waals surface area contributed by atoms with Crippen molar-refractivity contribution in [2.24, 2.45) is 5.92 Å². The van der Waals surface area contributed by atoms with Crippen LogP contribution in [-0.2, 0) is 14.0 Å². The number of aliphatic carboxylic acids is 1. The summed E-state index contributed by atoms with van der Waals surface area (Å²) in [6.07, 6.45) is 2.18. The molecule has 1 N–H and O–H groups in total. The molecule has 0 unspecified atom stereocenters. The molecule has 118 valence electrons. The maximum absolute atomic E-state index is 12.3. The number of carboxylic acids is 1. The number of rotatable bonds is 3. The van der Waals surface area contributed by atoms with Crippen LogP contribution in [0.5, 0.6) is 0 Å². The van der Waals surface area contributed by atoms with Crippen molar-refractivity contribution in [2.45, 2.75) is 58.0 Å². The lowest BCUT2D eigenvalue weighted by Gasteiger charge is -2.45. The van der Waals surface area contributed by atoms with Gasteiger partial charge in [-0.1, -0.05) is 20.8 Å². The first-order chi connectivity index (χ1) is 9.42. The zero-order valence-electron chi connectivity index (χ0n) is 13.7. The van der Waals surface area contributed by atoms with E-state index in [0.717, 1.165) is 0 Å². The van der Waals surface area contributed by atoms with Gasteiger partial charge in [0, 0.05) is 12.1 Å². The highest BCUT2D eigenvalue weighted by atomic mass is 28.4. The molecule has 2 aliphatic rings. The molecule has 0 bridgehead atoms. The van der Waals surface area contributed by atoms with E-state index in [-0.39, 0.29) is 10.9 Å². The van der Waals surface area contributed by atoms with Crippen LogP contribution in [0.2, 0.25) is 18.1 Å². The van der Waals surface area contributed by atoms with Crippen LogP contribution in [0, 0.1) is 5.92 Å². The van der Waals surface area contributed by atoms with Gasteiger partial charge >= 0.3 is 5.97 Å². The molecule has 0 aliphatic carbocycles. The van der Waals surface area contributed by atoms with Gasteiger partial charge in [-0.25, -0.2) is 0 Å². The summed E-state index contributed by atoms with van der Waals surface area (Å²) in [5.74, 6) is -1.68. The van der Waals surface area contributed by atoms with Crippen LogP contribution in [0.1, 0.15) is 34.1 Å². The molecule has 2 heterocycles. The van der Waals surface area contributed by atoms with Gasteiger partial charge in [-0.15, -0.1) is 0 Å². The molecule has 0 aromatic carbocycles. The van der Waals surface area contributed by atoms with E-state index in [9.17, 15) is 14.7 Å². The quantitative estimate of drug-likeness (QED) is 0.814. The van der Waals surface area contributed by atoms with Crippen molar-refractivity contribution in [1.82, 2.24) is 4.90 Å². The summed E-state index contributed by atoms with van der Waals surface area (Å²) in [5, 5.41) is 9.52. The highest BCUT2D eigenvalue weighted by Crippen LogP contribution is 2.48. The van der Waals surface area contributed by atoms with Crippen molar-refractivity contribution in [3.8, 4) is 0 Å². The normalized spacial score (nSPS) is 29.6. The van der Waals surface area contributed by atoms with Crippen LogP contribution in [0.3, 0.4) is 0 Å². The SMILES string of the molecule is CC1=C[C@]2(O[Si](C)(C)C(C)(C)C)[C@@H](C(=O)O)CCN2C1=O. The molecule has 0 aromatic heterocycles. The maximum Gasteiger partial charge on any atom is 0.311 e. The van der Waals surface area contributed by atoms with Crippen LogP contribution in [0.4, 0.5) is 0 Å². The van der Waals surface area contributed by atoms with Gasteiger partial charge in [0.2, 0.25) is 0 Å². The Kier molecular flexibility index (Phi) is 3.61. The molecule has 2 rings (SSSR count). The predicted molar refractivity (Wildman–Crippen MR) is 82.2 cm³/mol. The molecule has 2 atom stereocenters. The summed E-state index contributed by atoms with van der Waals surface area (Å²) in [6.45, 7) is 12.7. The molecule has 21 heavy (non-hydrogen) atoms. The lowest BCUT2D eigenvalue weighted by Crippen LogP contribution is -2.57. The van der Waals surface area contributed by atoms with E-state index in [4.69, 9.17) is 4.43 Å². The Bertz CT molecular complexity index is 520. The largest absolute Gasteiger partial charge is 0.481 e. The molecule has 0 spiro atoms. The molecule has 1 saturated heterocycles. The van der Waals surface area contributed by atoms with E-state index in [1.165, 1.54) is 0 Å². The Labute approximate surface area is 127 Å². The van der Waals surface area contributed by atoms with Gasteiger partial charge < -0.3 is 14.4 Å². The Morgan fingerprint density at radius 2 is 2.05 bits per heavy atom. The lowest BCUT2D eigenvalue weighted by atomic mass is 9.96. The second-order valence-electron chi connectivity index (χ2n) is 7.58. The van der Waals surface area contributed by atoms with Crippen LogP contribution in [0.15, 0.2) is 11.6 Å². The summed E-state index contributed by atoms with van der Waals surface area (Å²) in [4.78, 5) is 25.6. The molecule has 2 aliphatic heterocycles. The van der Waals surface area contributed by atoms with Crippen molar-refractivity contribution < 1.29 is 19.1 Å². The van der Waals surface area contributed by atoms with Gasteiger partial charge in [-0.05, 0) is 37.6 Å². The number of hydrogen-bond donors (Lipinski definition) is 1. The summed E-state index contributed by atoms with van der Waals surface area (Å²) >= 11 is 0. The number of hydrogen-bond acceptors (Lipinski definition) is 3. The molecule has 1 amide bonds. The van der Waals surface area contributed by atoms with Crippen molar-refractivity contribution in [2.75, 3.05) is 6.54 Å². The molecule has 0 aromatic rings. The topological polar surface area (TPSA) is 66.8 Å². The smallest absolute Gasteiger partial charge is 0.311 e. The number of amides is 1. The minimum absolute atomic E-state index is 0.0492. The highest BCUT2D eigenvalue weighted by molar-refractivity contribution is 6.74. The molecule has 6 heteroatoms. The lowest BCUT2D eigenvalue weighted by molar-refractivity contribution is -0.154. The Morgan fingerprint density at radius 1 is 1.48 bits per heavy atom. The number of fused-ring (bicyclic) bond motifs is 1. The minimum Gasteiger partial charge on any atom is -0.481 e. The summed E-state index contributed by atoms with van der Waals surface area (Å²) in [5.41, 5.74) is -0.504. The Morgan fingerprint density at radius 3 is 2.52 bits per heavy atom. The average Bonchev–Trinajstić information content (AvgIpc) is 2.73.